The van der Waals surface area contributed by atoms with Gasteiger partial charge >= 0.3 is 5.97 Å². The van der Waals surface area contributed by atoms with Crippen molar-refractivity contribution < 1.29 is 14.3 Å². The van der Waals surface area contributed by atoms with Gasteiger partial charge in [-0.25, -0.2) is 14.8 Å². The number of hydrogen-bond acceptors (Lipinski definition) is 6. The second-order valence-corrected chi connectivity index (χ2v) is 9.54. The summed E-state index contributed by atoms with van der Waals surface area (Å²) in [6, 6.07) is 17.1. The zero-order valence-corrected chi connectivity index (χ0v) is 20.4. The van der Waals surface area contributed by atoms with Crippen LogP contribution in [0.4, 0.5) is 5.82 Å². The van der Waals surface area contributed by atoms with Crippen LogP contribution < -0.4 is 4.90 Å². The fraction of sp³-hybridized carbons (Fsp3) is 0.357. The van der Waals surface area contributed by atoms with E-state index in [0.717, 1.165) is 28.5 Å². The molecule has 1 fully saturated rings. The highest BCUT2D eigenvalue weighted by molar-refractivity contribution is 5.98. The van der Waals surface area contributed by atoms with Crippen molar-refractivity contribution in [2.45, 2.75) is 39.2 Å². The van der Waals surface area contributed by atoms with Gasteiger partial charge in [0.25, 0.3) is 5.91 Å². The summed E-state index contributed by atoms with van der Waals surface area (Å²) in [5.74, 6) is 1.68. The maximum atomic E-state index is 13.3. The van der Waals surface area contributed by atoms with Crippen molar-refractivity contribution in [2.75, 3.05) is 31.1 Å². The average molecular weight is 471 g/mol. The van der Waals surface area contributed by atoms with Crippen LogP contribution in [0.15, 0.2) is 54.6 Å². The summed E-state index contributed by atoms with van der Waals surface area (Å²) in [5, 5.41) is 0. The van der Waals surface area contributed by atoms with E-state index < -0.39 is 0 Å². The standard InChI is InChI=1S/C28H30N4O3/c1-18(2)26-29-19(3)15-25(30-26)31-11-13-32(14-12-31)27(33)21-9-10-23-22(16-21)17-24(35-28(23)34)20-7-5-4-6-8-20/h4-10,15-16,18,24H,11-14,17H2,1-3H3. The Kier molecular flexibility index (Phi) is 6.24. The van der Waals surface area contributed by atoms with Gasteiger partial charge in [0.15, 0.2) is 0 Å². The molecule has 1 saturated heterocycles. The molecule has 180 valence electrons. The molecule has 3 aromatic rings. The molecular formula is C28H30N4O3. The van der Waals surface area contributed by atoms with E-state index in [-0.39, 0.29) is 23.9 Å². The number of amides is 1. The van der Waals surface area contributed by atoms with Gasteiger partial charge in [-0.3, -0.25) is 4.79 Å². The number of anilines is 1. The molecule has 0 bridgehead atoms. The molecule has 0 radical (unpaired) electrons. The van der Waals surface area contributed by atoms with Crippen LogP contribution in [0.3, 0.4) is 0 Å². The molecule has 1 aromatic heterocycles. The predicted molar refractivity (Wildman–Crippen MR) is 134 cm³/mol. The minimum absolute atomic E-state index is 0.00982. The smallest absolute Gasteiger partial charge is 0.339 e. The minimum Gasteiger partial charge on any atom is -0.454 e. The number of nitrogens with zero attached hydrogens (tertiary/aromatic N) is 4. The van der Waals surface area contributed by atoms with E-state index in [1.165, 1.54) is 0 Å². The fourth-order valence-electron chi connectivity index (χ4n) is 4.70. The normalized spacial score (nSPS) is 17.8. The van der Waals surface area contributed by atoms with E-state index in [2.05, 4.69) is 23.7 Å². The number of aromatic nitrogens is 2. The monoisotopic (exact) mass is 470 g/mol. The molecule has 2 aliphatic rings. The van der Waals surface area contributed by atoms with Gasteiger partial charge < -0.3 is 14.5 Å². The van der Waals surface area contributed by atoms with Crippen LogP contribution in [0.25, 0.3) is 0 Å². The number of aryl methyl sites for hydroxylation is 1. The third kappa shape index (κ3) is 4.76. The van der Waals surface area contributed by atoms with Gasteiger partial charge in [-0.2, -0.15) is 0 Å². The van der Waals surface area contributed by atoms with E-state index in [9.17, 15) is 9.59 Å². The number of ether oxygens (including phenoxy) is 1. The first-order valence-electron chi connectivity index (χ1n) is 12.2. The Hall–Kier alpha value is -3.74. The minimum atomic E-state index is -0.339. The highest BCUT2D eigenvalue weighted by Crippen LogP contribution is 2.31. The third-order valence-corrected chi connectivity index (χ3v) is 6.66. The summed E-state index contributed by atoms with van der Waals surface area (Å²) in [6.45, 7) is 8.84. The van der Waals surface area contributed by atoms with Crippen molar-refractivity contribution in [3.8, 4) is 0 Å². The lowest BCUT2D eigenvalue weighted by atomic mass is 9.93. The van der Waals surface area contributed by atoms with Crippen molar-refractivity contribution in [1.29, 1.82) is 0 Å². The van der Waals surface area contributed by atoms with Crippen LogP contribution in [-0.2, 0) is 11.2 Å². The second-order valence-electron chi connectivity index (χ2n) is 9.54. The zero-order chi connectivity index (χ0) is 24.5. The van der Waals surface area contributed by atoms with Crippen molar-refractivity contribution in [3.05, 3.63) is 88.4 Å². The fourth-order valence-corrected chi connectivity index (χ4v) is 4.70. The largest absolute Gasteiger partial charge is 0.454 e. The van der Waals surface area contributed by atoms with Crippen LogP contribution in [0.5, 0.6) is 0 Å². The van der Waals surface area contributed by atoms with E-state index in [1.807, 2.05) is 54.3 Å². The maximum absolute atomic E-state index is 13.3. The molecule has 1 amide bonds. The Morgan fingerprint density at radius 2 is 1.74 bits per heavy atom. The maximum Gasteiger partial charge on any atom is 0.339 e. The molecule has 0 saturated carbocycles. The Balaban J connectivity index is 1.29. The number of rotatable bonds is 4. The molecule has 7 nitrogen and oxygen atoms in total. The summed E-state index contributed by atoms with van der Waals surface area (Å²) in [4.78, 5) is 39.3. The third-order valence-electron chi connectivity index (χ3n) is 6.66. The quantitative estimate of drug-likeness (QED) is 0.529. The summed E-state index contributed by atoms with van der Waals surface area (Å²) in [6.07, 6.45) is 0.225. The average Bonchev–Trinajstić information content (AvgIpc) is 2.88. The van der Waals surface area contributed by atoms with E-state index in [4.69, 9.17) is 9.72 Å². The van der Waals surface area contributed by atoms with Gasteiger partial charge in [0.05, 0.1) is 5.56 Å². The first-order valence-corrected chi connectivity index (χ1v) is 12.2. The summed E-state index contributed by atoms with van der Waals surface area (Å²) >= 11 is 0. The molecule has 0 N–H and O–H groups in total. The van der Waals surface area contributed by atoms with E-state index in [1.54, 1.807) is 12.1 Å². The lowest BCUT2D eigenvalue weighted by Crippen LogP contribution is -2.49. The van der Waals surface area contributed by atoms with Crippen LogP contribution >= 0.6 is 0 Å². The summed E-state index contributed by atoms with van der Waals surface area (Å²) in [5.41, 5.74) is 3.92. The molecule has 2 aromatic carbocycles. The Morgan fingerprint density at radius 3 is 2.46 bits per heavy atom. The van der Waals surface area contributed by atoms with Crippen LogP contribution in [0.2, 0.25) is 0 Å². The Morgan fingerprint density at radius 1 is 1.00 bits per heavy atom. The predicted octanol–water partition coefficient (Wildman–Crippen LogP) is 4.33. The molecule has 0 spiro atoms. The molecular weight excluding hydrogens is 440 g/mol. The summed E-state index contributed by atoms with van der Waals surface area (Å²) in [7, 11) is 0. The molecule has 2 aliphatic heterocycles. The van der Waals surface area contributed by atoms with Crippen molar-refractivity contribution in [3.63, 3.8) is 0 Å². The van der Waals surface area contributed by atoms with Gasteiger partial charge in [-0.15, -0.1) is 0 Å². The number of cyclic esters (lactones) is 1. The van der Waals surface area contributed by atoms with Crippen LogP contribution in [-0.4, -0.2) is 52.9 Å². The van der Waals surface area contributed by atoms with Gasteiger partial charge in [0.1, 0.15) is 17.7 Å². The Bertz CT molecular complexity index is 1250. The number of hydrogen-bond donors (Lipinski definition) is 0. The first kappa shape index (κ1) is 23.0. The summed E-state index contributed by atoms with van der Waals surface area (Å²) < 4.78 is 5.65. The van der Waals surface area contributed by atoms with Crippen molar-refractivity contribution >= 4 is 17.7 Å². The van der Waals surface area contributed by atoms with Gasteiger partial charge in [0, 0.05) is 55.8 Å². The number of esters is 1. The molecule has 0 aliphatic carbocycles. The molecule has 1 atom stereocenters. The van der Waals surface area contributed by atoms with Crippen molar-refractivity contribution in [2.24, 2.45) is 0 Å². The number of piperazine rings is 1. The van der Waals surface area contributed by atoms with Gasteiger partial charge in [-0.05, 0) is 36.2 Å². The highest BCUT2D eigenvalue weighted by Gasteiger charge is 2.29. The molecule has 1 unspecified atom stereocenters. The lowest BCUT2D eigenvalue weighted by Gasteiger charge is -2.36. The number of carbonyl (C=O) groups excluding carboxylic acids is 2. The zero-order valence-electron chi connectivity index (χ0n) is 20.4. The van der Waals surface area contributed by atoms with Gasteiger partial charge in [-0.1, -0.05) is 44.2 Å². The number of fused-ring (bicyclic) bond motifs is 1. The highest BCUT2D eigenvalue weighted by atomic mass is 16.5. The first-order chi connectivity index (χ1) is 16.9. The second kappa shape index (κ2) is 9.49. The van der Waals surface area contributed by atoms with Gasteiger partial charge in [0.2, 0.25) is 0 Å². The molecule has 5 rings (SSSR count). The van der Waals surface area contributed by atoms with Crippen LogP contribution in [0, 0.1) is 6.92 Å². The van der Waals surface area contributed by atoms with E-state index >= 15 is 0 Å². The SMILES string of the molecule is Cc1cc(N2CCN(C(=O)c3ccc4c(c3)CC(c3ccccc3)OC4=O)CC2)nc(C(C)C)n1. The van der Waals surface area contributed by atoms with Crippen molar-refractivity contribution in [1.82, 2.24) is 14.9 Å². The van der Waals surface area contributed by atoms with Crippen LogP contribution in [0.1, 0.15) is 69.2 Å². The molecule has 35 heavy (non-hydrogen) atoms. The molecule has 7 heteroatoms. The molecule has 3 heterocycles. The Labute approximate surface area is 205 Å². The van der Waals surface area contributed by atoms with E-state index in [0.29, 0.717) is 43.7 Å². The number of benzene rings is 2. The lowest BCUT2D eigenvalue weighted by molar-refractivity contribution is 0.0252. The topological polar surface area (TPSA) is 75.6 Å². The number of carbonyl (C=O) groups is 2.